The van der Waals surface area contributed by atoms with Gasteiger partial charge in [-0.2, -0.15) is 0 Å². The Morgan fingerprint density at radius 1 is 1.45 bits per heavy atom. The molecule has 0 atom stereocenters. The molecule has 0 saturated carbocycles. The fourth-order valence-electron chi connectivity index (χ4n) is 1.48. The van der Waals surface area contributed by atoms with Gasteiger partial charge in [0.2, 0.25) is 0 Å². The lowest BCUT2D eigenvalue weighted by Crippen LogP contribution is -2.25. The summed E-state index contributed by atoms with van der Waals surface area (Å²) in [6, 6.07) is 3.80. The van der Waals surface area contributed by atoms with Crippen molar-refractivity contribution in [2.75, 3.05) is 13.7 Å². The number of nitro groups is 1. The second-order valence-electron chi connectivity index (χ2n) is 3.85. The lowest BCUT2D eigenvalue weighted by atomic mass is 10.1. The second-order valence-corrected chi connectivity index (χ2v) is 4.29. The molecule has 1 aromatic rings. The predicted molar refractivity (Wildman–Crippen MR) is 71.7 cm³/mol. The number of nitrogens with one attached hydrogen (secondary N) is 1. The molecule has 0 unspecified atom stereocenters. The second kappa shape index (κ2) is 7.44. The predicted octanol–water partition coefficient (Wildman–Crippen LogP) is 1.93. The van der Waals surface area contributed by atoms with Gasteiger partial charge in [-0.1, -0.05) is 11.6 Å². The summed E-state index contributed by atoms with van der Waals surface area (Å²) >= 11 is 5.66. The lowest BCUT2D eigenvalue weighted by molar-refractivity contribution is -0.385. The molecule has 0 fully saturated rings. The van der Waals surface area contributed by atoms with E-state index in [1.165, 1.54) is 19.2 Å². The van der Waals surface area contributed by atoms with Crippen molar-refractivity contribution in [3.05, 3.63) is 38.9 Å². The van der Waals surface area contributed by atoms with Crippen LogP contribution in [0, 0.1) is 10.1 Å². The Balaban J connectivity index is 2.64. The maximum Gasteiger partial charge on any atom is 0.305 e. The molecule has 0 aliphatic heterocycles. The largest absolute Gasteiger partial charge is 0.469 e. The van der Waals surface area contributed by atoms with Crippen molar-refractivity contribution < 1.29 is 19.2 Å². The molecule has 0 saturated heterocycles. The Kier molecular flexibility index (Phi) is 5.92. The molecular formula is C12H13ClN2O5. The van der Waals surface area contributed by atoms with E-state index < -0.39 is 10.8 Å². The molecule has 0 radical (unpaired) electrons. The van der Waals surface area contributed by atoms with E-state index >= 15 is 0 Å². The molecule has 0 aliphatic carbocycles. The van der Waals surface area contributed by atoms with Crippen molar-refractivity contribution >= 4 is 29.2 Å². The third-order valence-corrected chi connectivity index (χ3v) is 2.71. The number of esters is 1. The third-order valence-electron chi connectivity index (χ3n) is 2.47. The zero-order chi connectivity index (χ0) is 15.1. The van der Waals surface area contributed by atoms with Gasteiger partial charge >= 0.3 is 5.97 Å². The number of carbonyl (C=O) groups is 2. The summed E-state index contributed by atoms with van der Waals surface area (Å²) in [6.07, 6.45) is 0.555. The highest BCUT2D eigenvalue weighted by Crippen LogP contribution is 2.23. The maximum atomic E-state index is 11.8. The van der Waals surface area contributed by atoms with Gasteiger partial charge in [0.15, 0.2) is 0 Å². The molecule has 1 aromatic carbocycles. The Morgan fingerprint density at radius 3 is 2.75 bits per heavy atom. The molecular weight excluding hydrogens is 288 g/mol. The van der Waals surface area contributed by atoms with Crippen LogP contribution in [0.4, 0.5) is 5.69 Å². The number of nitrogens with zero attached hydrogens (tertiary/aromatic N) is 1. The van der Waals surface area contributed by atoms with E-state index in [0.717, 1.165) is 6.07 Å². The van der Waals surface area contributed by atoms with Crippen molar-refractivity contribution in [1.82, 2.24) is 5.32 Å². The summed E-state index contributed by atoms with van der Waals surface area (Å²) in [7, 11) is 1.28. The number of amides is 1. The molecule has 1 amide bonds. The first kappa shape index (κ1) is 15.9. The van der Waals surface area contributed by atoms with E-state index in [1.807, 2.05) is 0 Å². The van der Waals surface area contributed by atoms with Gasteiger partial charge in [0.05, 0.1) is 12.0 Å². The van der Waals surface area contributed by atoms with Crippen molar-refractivity contribution in [3.8, 4) is 0 Å². The quantitative estimate of drug-likeness (QED) is 0.374. The fourth-order valence-corrected chi connectivity index (χ4v) is 1.65. The first-order valence-corrected chi connectivity index (χ1v) is 6.12. The smallest absolute Gasteiger partial charge is 0.305 e. The number of ether oxygens (including phenoxy) is 1. The van der Waals surface area contributed by atoms with Gasteiger partial charge in [-0.05, 0) is 18.6 Å². The first-order chi connectivity index (χ1) is 9.45. The normalized spacial score (nSPS) is 9.90. The van der Waals surface area contributed by atoms with E-state index in [1.54, 1.807) is 0 Å². The summed E-state index contributed by atoms with van der Waals surface area (Å²) in [4.78, 5) is 32.9. The Hall–Kier alpha value is -2.15. The standard InChI is InChI=1S/C12H13ClN2O5/c1-20-11(16)3-2-6-14-12(17)9-5-4-8(13)7-10(9)15(18)19/h4-5,7H,2-3,6H2,1H3,(H,14,17). The van der Waals surface area contributed by atoms with Crippen LogP contribution in [0.2, 0.25) is 5.02 Å². The van der Waals surface area contributed by atoms with Crippen molar-refractivity contribution in [2.45, 2.75) is 12.8 Å². The van der Waals surface area contributed by atoms with Gasteiger partial charge < -0.3 is 10.1 Å². The van der Waals surface area contributed by atoms with Gasteiger partial charge in [-0.15, -0.1) is 0 Å². The molecule has 8 heteroatoms. The van der Waals surface area contributed by atoms with Crippen LogP contribution in [0.5, 0.6) is 0 Å². The Bertz CT molecular complexity index is 533. The molecule has 1 N–H and O–H groups in total. The van der Waals surface area contributed by atoms with Gasteiger partial charge in [-0.25, -0.2) is 0 Å². The molecule has 7 nitrogen and oxygen atoms in total. The number of nitro benzene ring substituents is 1. The van der Waals surface area contributed by atoms with Crippen LogP contribution in [-0.2, 0) is 9.53 Å². The third kappa shape index (κ3) is 4.51. The van der Waals surface area contributed by atoms with E-state index in [-0.39, 0.29) is 35.2 Å². The monoisotopic (exact) mass is 300 g/mol. The van der Waals surface area contributed by atoms with Crippen LogP contribution in [-0.4, -0.2) is 30.5 Å². The molecule has 0 spiro atoms. The molecule has 0 heterocycles. The summed E-state index contributed by atoms with van der Waals surface area (Å²) in [5.41, 5.74) is -0.430. The Labute approximate surface area is 120 Å². The molecule has 0 aromatic heterocycles. The highest BCUT2D eigenvalue weighted by molar-refractivity contribution is 6.31. The minimum atomic E-state index is -0.671. The number of carbonyl (C=O) groups excluding carboxylic acids is 2. The minimum Gasteiger partial charge on any atom is -0.469 e. The van der Waals surface area contributed by atoms with E-state index in [9.17, 15) is 19.7 Å². The molecule has 108 valence electrons. The zero-order valence-electron chi connectivity index (χ0n) is 10.7. The Morgan fingerprint density at radius 2 is 2.15 bits per heavy atom. The number of rotatable bonds is 6. The lowest BCUT2D eigenvalue weighted by Gasteiger charge is -2.05. The topological polar surface area (TPSA) is 98.5 Å². The zero-order valence-corrected chi connectivity index (χ0v) is 11.5. The maximum absolute atomic E-state index is 11.8. The van der Waals surface area contributed by atoms with Crippen LogP contribution in [0.3, 0.4) is 0 Å². The molecule has 0 aliphatic rings. The fraction of sp³-hybridized carbons (Fsp3) is 0.333. The average Bonchev–Trinajstić information content (AvgIpc) is 2.42. The number of benzene rings is 1. The van der Waals surface area contributed by atoms with Gasteiger partial charge in [-0.3, -0.25) is 19.7 Å². The number of halogens is 1. The van der Waals surface area contributed by atoms with Gasteiger partial charge in [0.1, 0.15) is 5.56 Å². The van der Waals surface area contributed by atoms with Crippen LogP contribution >= 0.6 is 11.6 Å². The van der Waals surface area contributed by atoms with Crippen LogP contribution in [0.1, 0.15) is 23.2 Å². The number of methoxy groups -OCH3 is 1. The van der Waals surface area contributed by atoms with Gasteiger partial charge in [0, 0.05) is 24.1 Å². The highest BCUT2D eigenvalue weighted by atomic mass is 35.5. The van der Waals surface area contributed by atoms with E-state index in [4.69, 9.17) is 11.6 Å². The van der Waals surface area contributed by atoms with Crippen LogP contribution < -0.4 is 5.32 Å². The summed E-state index contributed by atoms with van der Waals surface area (Å²) in [5, 5.41) is 13.5. The first-order valence-electron chi connectivity index (χ1n) is 5.74. The molecule has 0 bridgehead atoms. The van der Waals surface area contributed by atoms with Crippen LogP contribution in [0.25, 0.3) is 0 Å². The van der Waals surface area contributed by atoms with Crippen molar-refractivity contribution in [3.63, 3.8) is 0 Å². The van der Waals surface area contributed by atoms with Gasteiger partial charge in [0.25, 0.3) is 11.6 Å². The van der Waals surface area contributed by atoms with Crippen molar-refractivity contribution in [2.24, 2.45) is 0 Å². The molecule has 20 heavy (non-hydrogen) atoms. The van der Waals surface area contributed by atoms with E-state index in [0.29, 0.717) is 6.42 Å². The van der Waals surface area contributed by atoms with E-state index in [2.05, 4.69) is 10.1 Å². The molecule has 1 rings (SSSR count). The number of hydrogen-bond donors (Lipinski definition) is 1. The minimum absolute atomic E-state index is 0.0718. The average molecular weight is 301 g/mol. The van der Waals surface area contributed by atoms with Crippen LogP contribution in [0.15, 0.2) is 18.2 Å². The van der Waals surface area contributed by atoms with Crippen molar-refractivity contribution in [1.29, 1.82) is 0 Å². The summed E-state index contributed by atoms with van der Waals surface area (Å²) in [5.74, 6) is -0.963. The highest BCUT2D eigenvalue weighted by Gasteiger charge is 2.20. The summed E-state index contributed by atoms with van der Waals surface area (Å²) < 4.78 is 4.45. The SMILES string of the molecule is COC(=O)CCCNC(=O)c1ccc(Cl)cc1[N+](=O)[O-]. The summed E-state index contributed by atoms with van der Waals surface area (Å²) in [6.45, 7) is 0.216. The number of hydrogen-bond acceptors (Lipinski definition) is 5.